The van der Waals surface area contributed by atoms with Gasteiger partial charge in [0.25, 0.3) is 0 Å². The highest BCUT2D eigenvalue weighted by atomic mass is 32.1. The number of hydrogen-bond acceptors (Lipinski definition) is 3. The minimum atomic E-state index is -4.35. The molecule has 0 unspecified atom stereocenters. The van der Waals surface area contributed by atoms with E-state index in [1.165, 1.54) is 18.3 Å². The van der Waals surface area contributed by atoms with E-state index in [4.69, 9.17) is 17.0 Å². The standard InChI is InChI=1S/C17H16F3N3OS/c1-24-15-8-4-12(5-9-15)10-21-16(25)23-22-11-13-2-6-14(7-3-13)17(18,19)20/h2-9,11H,10H2,1H3,(H2,21,23,25)/b22-11-. The van der Waals surface area contributed by atoms with Crippen molar-refractivity contribution in [3.8, 4) is 5.75 Å². The van der Waals surface area contributed by atoms with Crippen LogP contribution in [0.2, 0.25) is 0 Å². The van der Waals surface area contributed by atoms with Crippen molar-refractivity contribution < 1.29 is 17.9 Å². The van der Waals surface area contributed by atoms with Crippen molar-refractivity contribution >= 4 is 23.5 Å². The SMILES string of the molecule is COc1ccc(CNC(=S)N/N=C\c2ccc(C(F)(F)F)cc2)cc1. The maximum atomic E-state index is 12.5. The number of nitrogens with zero attached hydrogens (tertiary/aromatic N) is 1. The summed E-state index contributed by atoms with van der Waals surface area (Å²) in [6, 6.07) is 12.2. The lowest BCUT2D eigenvalue weighted by Crippen LogP contribution is -2.31. The molecule has 0 saturated carbocycles. The number of rotatable bonds is 5. The Hall–Kier alpha value is -2.61. The molecular formula is C17H16F3N3OS. The Morgan fingerprint density at radius 3 is 2.32 bits per heavy atom. The first-order chi connectivity index (χ1) is 11.9. The summed E-state index contributed by atoms with van der Waals surface area (Å²) in [5, 5.41) is 7.17. The Kier molecular flexibility index (Phi) is 6.35. The summed E-state index contributed by atoms with van der Waals surface area (Å²) >= 11 is 5.08. The summed E-state index contributed by atoms with van der Waals surface area (Å²) in [6.45, 7) is 0.506. The van der Waals surface area contributed by atoms with E-state index in [0.29, 0.717) is 17.2 Å². The van der Waals surface area contributed by atoms with Gasteiger partial charge in [-0.2, -0.15) is 18.3 Å². The van der Waals surface area contributed by atoms with E-state index < -0.39 is 11.7 Å². The van der Waals surface area contributed by atoms with Gasteiger partial charge in [0, 0.05) is 6.54 Å². The first-order valence-corrected chi connectivity index (χ1v) is 7.66. The predicted molar refractivity (Wildman–Crippen MR) is 94.6 cm³/mol. The third-order valence-corrected chi connectivity index (χ3v) is 3.47. The molecule has 0 amide bonds. The van der Waals surface area contributed by atoms with Crippen LogP contribution in [0.4, 0.5) is 13.2 Å². The molecule has 0 aliphatic heterocycles. The smallest absolute Gasteiger partial charge is 0.416 e. The van der Waals surface area contributed by atoms with Gasteiger partial charge in [0.05, 0.1) is 18.9 Å². The molecule has 25 heavy (non-hydrogen) atoms. The van der Waals surface area contributed by atoms with Crippen LogP contribution >= 0.6 is 12.2 Å². The van der Waals surface area contributed by atoms with Crippen molar-refractivity contribution in [1.82, 2.24) is 10.7 Å². The number of alkyl halides is 3. The molecule has 8 heteroatoms. The van der Waals surface area contributed by atoms with Gasteiger partial charge in [-0.15, -0.1) is 0 Å². The third kappa shape index (κ3) is 6.07. The molecule has 2 aromatic carbocycles. The Morgan fingerprint density at radius 1 is 1.12 bits per heavy atom. The lowest BCUT2D eigenvalue weighted by molar-refractivity contribution is -0.137. The van der Waals surface area contributed by atoms with E-state index in [1.54, 1.807) is 7.11 Å². The van der Waals surface area contributed by atoms with Crippen LogP contribution in [0.25, 0.3) is 0 Å². The van der Waals surface area contributed by atoms with Gasteiger partial charge in [-0.05, 0) is 47.6 Å². The molecule has 2 aromatic rings. The summed E-state index contributed by atoms with van der Waals surface area (Å²) in [5.74, 6) is 0.769. The van der Waals surface area contributed by atoms with Crippen molar-refractivity contribution in [1.29, 1.82) is 0 Å². The number of hydrogen-bond donors (Lipinski definition) is 2. The number of thiocarbonyl (C=S) groups is 1. The first-order valence-electron chi connectivity index (χ1n) is 7.25. The van der Waals surface area contributed by atoms with Crippen molar-refractivity contribution in [3.05, 3.63) is 65.2 Å². The minimum Gasteiger partial charge on any atom is -0.497 e. The molecule has 0 heterocycles. The van der Waals surface area contributed by atoms with Gasteiger partial charge < -0.3 is 10.1 Å². The van der Waals surface area contributed by atoms with Crippen LogP contribution in [-0.4, -0.2) is 18.4 Å². The second kappa shape index (κ2) is 8.48. The highest BCUT2D eigenvalue weighted by Crippen LogP contribution is 2.28. The van der Waals surface area contributed by atoms with E-state index in [1.807, 2.05) is 24.3 Å². The fourth-order valence-electron chi connectivity index (χ4n) is 1.89. The summed E-state index contributed by atoms with van der Waals surface area (Å²) in [6.07, 6.45) is -2.96. The summed E-state index contributed by atoms with van der Waals surface area (Å²) < 4.78 is 42.5. The molecule has 132 valence electrons. The first kappa shape index (κ1) is 18.7. The zero-order valence-electron chi connectivity index (χ0n) is 13.3. The highest BCUT2D eigenvalue weighted by Gasteiger charge is 2.29. The Labute approximate surface area is 148 Å². The van der Waals surface area contributed by atoms with Gasteiger partial charge in [-0.25, -0.2) is 0 Å². The molecule has 0 spiro atoms. The average Bonchev–Trinajstić information content (AvgIpc) is 2.60. The molecule has 0 saturated heterocycles. The average molecular weight is 367 g/mol. The van der Waals surface area contributed by atoms with Crippen molar-refractivity contribution in [3.63, 3.8) is 0 Å². The van der Waals surface area contributed by atoms with Gasteiger partial charge in [0.15, 0.2) is 5.11 Å². The number of methoxy groups -OCH3 is 1. The second-order valence-corrected chi connectivity index (χ2v) is 5.43. The summed E-state index contributed by atoms with van der Waals surface area (Å²) in [7, 11) is 1.60. The normalized spacial score (nSPS) is 11.4. The monoisotopic (exact) mass is 367 g/mol. The summed E-state index contributed by atoms with van der Waals surface area (Å²) in [4.78, 5) is 0. The van der Waals surface area contributed by atoms with Crippen LogP contribution in [0.3, 0.4) is 0 Å². The zero-order chi connectivity index (χ0) is 18.3. The van der Waals surface area contributed by atoms with Crippen LogP contribution in [-0.2, 0) is 12.7 Å². The van der Waals surface area contributed by atoms with E-state index in [-0.39, 0.29) is 0 Å². The Morgan fingerprint density at radius 2 is 1.76 bits per heavy atom. The lowest BCUT2D eigenvalue weighted by Gasteiger charge is -2.08. The molecule has 2 N–H and O–H groups in total. The maximum Gasteiger partial charge on any atom is 0.416 e. The van der Waals surface area contributed by atoms with Gasteiger partial charge in [0.1, 0.15) is 5.75 Å². The number of nitrogens with one attached hydrogen (secondary N) is 2. The van der Waals surface area contributed by atoms with Gasteiger partial charge in [0.2, 0.25) is 0 Å². The molecule has 0 bridgehead atoms. The molecule has 0 fully saturated rings. The molecule has 0 atom stereocenters. The van der Waals surface area contributed by atoms with E-state index in [0.717, 1.165) is 23.4 Å². The van der Waals surface area contributed by atoms with Crippen molar-refractivity contribution in [2.24, 2.45) is 5.10 Å². The van der Waals surface area contributed by atoms with Crippen LogP contribution in [0.5, 0.6) is 5.75 Å². The van der Waals surface area contributed by atoms with Gasteiger partial charge in [-0.3, -0.25) is 5.43 Å². The minimum absolute atomic E-state index is 0.305. The molecule has 0 aliphatic rings. The maximum absolute atomic E-state index is 12.5. The number of benzene rings is 2. The van der Waals surface area contributed by atoms with Gasteiger partial charge >= 0.3 is 6.18 Å². The van der Waals surface area contributed by atoms with E-state index >= 15 is 0 Å². The molecule has 4 nitrogen and oxygen atoms in total. The topological polar surface area (TPSA) is 45.6 Å². The fourth-order valence-corrected chi connectivity index (χ4v) is 2.01. The molecule has 0 aromatic heterocycles. The number of hydrazone groups is 1. The van der Waals surface area contributed by atoms with Gasteiger partial charge in [-0.1, -0.05) is 24.3 Å². The van der Waals surface area contributed by atoms with Crippen LogP contribution in [0.15, 0.2) is 53.6 Å². The molecular weight excluding hydrogens is 351 g/mol. The third-order valence-electron chi connectivity index (χ3n) is 3.23. The molecule has 2 rings (SSSR count). The largest absolute Gasteiger partial charge is 0.497 e. The van der Waals surface area contributed by atoms with E-state index in [2.05, 4.69) is 15.8 Å². The predicted octanol–water partition coefficient (Wildman–Crippen LogP) is 3.71. The van der Waals surface area contributed by atoms with Crippen molar-refractivity contribution in [2.45, 2.75) is 12.7 Å². The highest BCUT2D eigenvalue weighted by molar-refractivity contribution is 7.80. The van der Waals surface area contributed by atoms with Crippen LogP contribution < -0.4 is 15.5 Å². The quantitative estimate of drug-likeness (QED) is 0.480. The molecule has 0 aliphatic carbocycles. The van der Waals surface area contributed by atoms with Crippen LogP contribution in [0.1, 0.15) is 16.7 Å². The molecule has 0 radical (unpaired) electrons. The number of ether oxygens (including phenoxy) is 1. The van der Waals surface area contributed by atoms with E-state index in [9.17, 15) is 13.2 Å². The van der Waals surface area contributed by atoms with Crippen LogP contribution in [0, 0.1) is 0 Å². The summed E-state index contributed by atoms with van der Waals surface area (Å²) in [5.41, 5.74) is 3.45. The Bertz CT molecular complexity index is 728. The zero-order valence-corrected chi connectivity index (χ0v) is 14.1. The number of halogens is 3. The fraction of sp³-hybridized carbons (Fsp3) is 0.176. The second-order valence-electron chi connectivity index (χ2n) is 5.02. The lowest BCUT2D eigenvalue weighted by atomic mass is 10.1. The Balaban J connectivity index is 1.79. The van der Waals surface area contributed by atoms with Crippen molar-refractivity contribution in [2.75, 3.05) is 7.11 Å².